The summed E-state index contributed by atoms with van der Waals surface area (Å²) in [6.45, 7) is 6.41. The van der Waals surface area contributed by atoms with E-state index in [0.717, 1.165) is 10.6 Å². The first-order valence-corrected chi connectivity index (χ1v) is 18.9. The second-order valence-electron chi connectivity index (χ2n) is 12.4. The molecule has 1 aromatic heterocycles. The number of rotatable bonds is 10. The van der Waals surface area contributed by atoms with Gasteiger partial charge in [-0.3, -0.25) is 23.8 Å². The molecule has 0 radical (unpaired) electrons. The number of amides is 1. The number of phenols is 1. The van der Waals surface area contributed by atoms with Gasteiger partial charge in [-0.25, -0.2) is 4.68 Å². The number of phenolic OH excluding ortho intramolecular Hbond substituents is 1. The van der Waals surface area contributed by atoms with Crippen molar-refractivity contribution in [1.82, 2.24) is 9.78 Å². The molecule has 19 heteroatoms. The summed E-state index contributed by atoms with van der Waals surface area (Å²) in [4.78, 5) is 25.8. The second-order valence-corrected chi connectivity index (χ2v) is 15.3. The van der Waals surface area contributed by atoms with E-state index in [9.17, 15) is 40.6 Å². The molecule has 5 aromatic rings. The van der Waals surface area contributed by atoms with Crippen LogP contribution in [-0.4, -0.2) is 58.5 Å². The summed E-state index contributed by atoms with van der Waals surface area (Å²) in [6, 6.07) is 18.5. The van der Waals surface area contributed by atoms with E-state index in [1.807, 2.05) is 0 Å². The topological polar surface area (TPSA) is 249 Å². The predicted octanol–water partition coefficient (Wildman–Crippen LogP) is 6.17. The number of para-hydroxylation sites is 1. The lowest BCUT2D eigenvalue weighted by atomic mass is 10.0. The van der Waals surface area contributed by atoms with Crippen molar-refractivity contribution in [3.05, 3.63) is 117 Å². The summed E-state index contributed by atoms with van der Waals surface area (Å²) in [5.41, 5.74) is 3.57. The highest BCUT2D eigenvalue weighted by molar-refractivity contribution is 7.86. The molecule has 0 fully saturated rings. The number of benzene rings is 4. The number of nitrogens with zero attached hydrogens (tertiary/aromatic N) is 7. The van der Waals surface area contributed by atoms with E-state index in [0.29, 0.717) is 51.6 Å². The van der Waals surface area contributed by atoms with Crippen LogP contribution in [-0.2, 0) is 31.5 Å². The first kappa shape index (κ1) is 37.6. The van der Waals surface area contributed by atoms with Gasteiger partial charge in [-0.15, -0.1) is 10.2 Å². The van der Waals surface area contributed by atoms with Crippen molar-refractivity contribution in [2.24, 2.45) is 25.6 Å². The van der Waals surface area contributed by atoms with Crippen LogP contribution in [0.3, 0.4) is 0 Å². The number of hydrogen-bond donors (Lipinski definition) is 4. The van der Waals surface area contributed by atoms with E-state index in [1.54, 1.807) is 64.1 Å². The van der Waals surface area contributed by atoms with E-state index in [1.165, 1.54) is 47.1 Å². The first-order chi connectivity index (χ1) is 25.4. The number of carbonyl (C=O) groups excluding carboxylic acids is 1. The van der Waals surface area contributed by atoms with Crippen LogP contribution in [0.2, 0.25) is 0 Å². The normalized spacial score (nSPS) is 15.1. The number of hydrazone groups is 1. The number of azo groups is 2. The zero-order valence-corrected chi connectivity index (χ0v) is 30.7. The molecular weight excluding hydrogens is 741 g/mol. The number of aromatic nitrogens is 2. The molecule has 17 nitrogen and oxygen atoms in total. The molecular formula is C35H32N8O9S2. The van der Waals surface area contributed by atoms with Crippen LogP contribution in [0.1, 0.15) is 34.9 Å². The Labute approximate surface area is 308 Å². The van der Waals surface area contributed by atoms with Gasteiger partial charge in [0.15, 0.2) is 11.7 Å². The maximum Gasteiger partial charge on any atom is 0.299 e. The molecule has 0 spiro atoms. The number of hydrogen-bond acceptors (Lipinski definition) is 12. The van der Waals surface area contributed by atoms with Crippen molar-refractivity contribution in [1.29, 1.82) is 0 Å². The molecule has 1 aliphatic rings. The van der Waals surface area contributed by atoms with Crippen molar-refractivity contribution >= 4 is 54.6 Å². The maximum absolute atomic E-state index is 13.2. The van der Waals surface area contributed by atoms with E-state index in [4.69, 9.17) is 0 Å². The molecule has 1 atom stereocenters. The van der Waals surface area contributed by atoms with E-state index in [-0.39, 0.29) is 26.9 Å². The third-order valence-electron chi connectivity index (χ3n) is 8.51. The Kier molecular flexibility index (Phi) is 9.99. The van der Waals surface area contributed by atoms with Crippen LogP contribution >= 0.6 is 0 Å². The molecule has 2 heterocycles. The molecule has 0 bridgehead atoms. The van der Waals surface area contributed by atoms with E-state index in [2.05, 4.69) is 30.7 Å². The van der Waals surface area contributed by atoms with Crippen molar-refractivity contribution in [3.63, 3.8) is 0 Å². The molecule has 6 rings (SSSR count). The van der Waals surface area contributed by atoms with Crippen molar-refractivity contribution in [2.45, 2.75) is 49.9 Å². The van der Waals surface area contributed by atoms with Gasteiger partial charge in [-0.2, -0.15) is 37.2 Å². The lowest BCUT2D eigenvalue weighted by Gasteiger charge is -2.15. The SMILES string of the molecule is CC1=NN(c2ccc(S(=O)(=O)O)cc2C)C(=O)C1N=Nc1ccc(Cc2cccc(N=Nc3c(C)[nH]n(-c4ccc(S(=O)(=O)O)cc4C)c3=O)c2O)cc1. The molecule has 0 saturated heterocycles. The smallest absolute Gasteiger partial charge is 0.299 e. The number of H-pyrrole nitrogens is 1. The number of nitrogens with one attached hydrogen (secondary N) is 1. The minimum absolute atomic E-state index is 0.0271. The van der Waals surface area contributed by atoms with Crippen molar-refractivity contribution < 1.29 is 35.8 Å². The van der Waals surface area contributed by atoms with Crippen molar-refractivity contribution in [3.8, 4) is 11.4 Å². The lowest BCUT2D eigenvalue weighted by molar-refractivity contribution is -0.117. The summed E-state index contributed by atoms with van der Waals surface area (Å²) < 4.78 is 65.8. The first-order valence-electron chi connectivity index (χ1n) is 16.0. The summed E-state index contributed by atoms with van der Waals surface area (Å²) in [5.74, 6) is -0.624. The zero-order chi connectivity index (χ0) is 39.1. The molecule has 278 valence electrons. The molecule has 54 heavy (non-hydrogen) atoms. The molecule has 0 saturated carbocycles. The number of carbonyl (C=O) groups is 1. The molecule has 1 aliphatic heterocycles. The third kappa shape index (κ3) is 7.64. The Morgan fingerprint density at radius 1 is 0.778 bits per heavy atom. The van der Waals surface area contributed by atoms with Gasteiger partial charge in [0.1, 0.15) is 11.4 Å². The van der Waals surface area contributed by atoms with E-state index >= 15 is 0 Å². The van der Waals surface area contributed by atoms with Gasteiger partial charge in [0, 0.05) is 12.0 Å². The molecule has 4 aromatic carbocycles. The number of aryl methyl sites for hydroxylation is 3. The largest absolute Gasteiger partial charge is 0.505 e. The van der Waals surface area contributed by atoms with Gasteiger partial charge in [0.2, 0.25) is 0 Å². The van der Waals surface area contributed by atoms with Gasteiger partial charge in [-0.1, -0.05) is 24.3 Å². The molecule has 1 unspecified atom stereocenters. The van der Waals surface area contributed by atoms with Crippen LogP contribution < -0.4 is 10.6 Å². The van der Waals surface area contributed by atoms with Gasteiger partial charge in [-0.05, 0) is 99.0 Å². The van der Waals surface area contributed by atoms with Crippen LogP contribution in [0.5, 0.6) is 5.75 Å². The molecule has 0 aliphatic carbocycles. The fourth-order valence-corrected chi connectivity index (χ4v) is 6.81. The highest BCUT2D eigenvalue weighted by Gasteiger charge is 2.35. The lowest BCUT2D eigenvalue weighted by Crippen LogP contribution is -2.30. The minimum Gasteiger partial charge on any atom is -0.505 e. The van der Waals surface area contributed by atoms with Crippen LogP contribution in [0.25, 0.3) is 5.69 Å². The minimum atomic E-state index is -4.42. The Morgan fingerprint density at radius 2 is 1.39 bits per heavy atom. The molecule has 1 amide bonds. The molecule has 4 N–H and O–H groups in total. The Hall–Kier alpha value is -6.15. The fourth-order valence-electron chi connectivity index (χ4n) is 5.68. The average Bonchev–Trinajstić information content (AvgIpc) is 3.55. The van der Waals surface area contributed by atoms with Gasteiger partial charge < -0.3 is 5.11 Å². The van der Waals surface area contributed by atoms with Crippen LogP contribution in [0, 0.1) is 20.8 Å². The average molecular weight is 773 g/mol. The Morgan fingerprint density at radius 3 is 1.98 bits per heavy atom. The number of anilines is 1. The van der Waals surface area contributed by atoms with Crippen molar-refractivity contribution in [2.75, 3.05) is 5.01 Å². The third-order valence-corrected chi connectivity index (χ3v) is 10.2. The fraction of sp³-hybridized carbons (Fsp3) is 0.171. The van der Waals surface area contributed by atoms with Crippen LogP contribution in [0.4, 0.5) is 22.7 Å². The summed E-state index contributed by atoms with van der Waals surface area (Å²) in [6.07, 6.45) is 0.305. The second kappa shape index (κ2) is 14.3. The maximum atomic E-state index is 13.2. The number of aromatic amines is 1. The Bertz CT molecular complexity index is 2700. The highest BCUT2D eigenvalue weighted by atomic mass is 32.2. The summed E-state index contributed by atoms with van der Waals surface area (Å²) in [5, 5.41) is 36.0. The van der Waals surface area contributed by atoms with Gasteiger partial charge >= 0.3 is 0 Å². The standard InChI is InChI=1S/C35H32N8O9S2/c1-19-16-26(53(47,48)49)12-14-29(19)42-34(45)31(21(3)40-42)38-36-25-10-8-23(9-11-25)18-24-6-5-7-28(33(24)44)37-39-32-22(4)41-43(35(32)46)30-15-13-27(17-20(30)2)54(50,51)52/h5-17,31,41,44H,18H2,1-4H3,(H,47,48,49)(H,50,51,52). The zero-order valence-electron chi connectivity index (χ0n) is 29.0. The number of aromatic hydroxyl groups is 1. The van der Waals surface area contributed by atoms with Gasteiger partial charge in [0.25, 0.3) is 31.7 Å². The Balaban J connectivity index is 1.14. The highest BCUT2D eigenvalue weighted by Crippen LogP contribution is 2.34. The monoisotopic (exact) mass is 772 g/mol. The summed E-state index contributed by atoms with van der Waals surface area (Å²) in [7, 11) is -8.84. The van der Waals surface area contributed by atoms with Gasteiger partial charge in [0.05, 0.1) is 38.3 Å². The summed E-state index contributed by atoms with van der Waals surface area (Å²) >= 11 is 0. The van der Waals surface area contributed by atoms with E-state index < -0.39 is 37.7 Å². The van der Waals surface area contributed by atoms with Crippen LogP contribution in [0.15, 0.2) is 119 Å². The quantitative estimate of drug-likeness (QED) is 0.0934. The predicted molar refractivity (Wildman–Crippen MR) is 197 cm³/mol.